The molecular weight excluding hydrogens is 258 g/mol. The highest BCUT2D eigenvalue weighted by atomic mass is 16.6. The Morgan fingerprint density at radius 3 is 2.85 bits per heavy atom. The van der Waals surface area contributed by atoms with Gasteiger partial charge in [-0.2, -0.15) is 0 Å². The zero-order valence-corrected chi connectivity index (χ0v) is 11.9. The fourth-order valence-corrected chi connectivity index (χ4v) is 2.82. The molecule has 0 saturated carbocycles. The van der Waals surface area contributed by atoms with Crippen LogP contribution < -0.4 is 10.5 Å². The summed E-state index contributed by atoms with van der Waals surface area (Å²) in [6, 6.07) is 5.61. The molecule has 1 saturated heterocycles. The van der Waals surface area contributed by atoms with Gasteiger partial charge in [-0.25, -0.2) is 0 Å². The summed E-state index contributed by atoms with van der Waals surface area (Å²) in [5.74, 6) is 0.825. The molecule has 0 spiro atoms. The van der Waals surface area contributed by atoms with E-state index in [1.165, 1.54) is 7.11 Å². The van der Waals surface area contributed by atoms with Gasteiger partial charge in [0.05, 0.1) is 12.0 Å². The fraction of sp³-hybridized carbons (Fsp3) is 0.571. The van der Waals surface area contributed by atoms with Gasteiger partial charge in [0.2, 0.25) is 0 Å². The highest BCUT2D eigenvalue weighted by Crippen LogP contribution is 2.30. The lowest BCUT2D eigenvalue weighted by atomic mass is 10.1. The second kappa shape index (κ2) is 6.19. The molecule has 110 valence electrons. The maximum absolute atomic E-state index is 11.0. The normalized spacial score (nSPS) is 22.9. The Balaban J connectivity index is 2.14. The molecule has 1 aromatic rings. The lowest BCUT2D eigenvalue weighted by Gasteiger charge is -2.21. The minimum Gasteiger partial charge on any atom is -0.490 e. The molecule has 2 rings (SSSR count). The highest BCUT2D eigenvalue weighted by Gasteiger charge is 2.28. The van der Waals surface area contributed by atoms with E-state index in [2.05, 4.69) is 11.8 Å². The molecule has 0 amide bonds. The first kappa shape index (κ1) is 14.7. The van der Waals surface area contributed by atoms with Crippen molar-refractivity contribution in [1.29, 1.82) is 0 Å². The number of hydrogen-bond acceptors (Lipinski definition) is 5. The van der Waals surface area contributed by atoms with Gasteiger partial charge in [0, 0.05) is 25.2 Å². The first-order valence-electron chi connectivity index (χ1n) is 6.80. The summed E-state index contributed by atoms with van der Waals surface area (Å²) in [4.78, 5) is 12.9. The van der Waals surface area contributed by atoms with Crippen molar-refractivity contribution in [1.82, 2.24) is 4.90 Å². The van der Waals surface area contributed by atoms with E-state index in [-0.39, 0.29) is 5.69 Å². The van der Waals surface area contributed by atoms with Crippen LogP contribution in [-0.4, -0.2) is 36.1 Å². The van der Waals surface area contributed by atoms with Gasteiger partial charge in [0.1, 0.15) is 0 Å². The lowest BCUT2D eigenvalue weighted by molar-refractivity contribution is -0.385. The monoisotopic (exact) mass is 279 g/mol. The van der Waals surface area contributed by atoms with Gasteiger partial charge < -0.3 is 10.5 Å². The van der Waals surface area contributed by atoms with Crippen molar-refractivity contribution in [3.63, 3.8) is 0 Å². The van der Waals surface area contributed by atoms with E-state index in [1.807, 2.05) is 6.07 Å². The van der Waals surface area contributed by atoms with Crippen molar-refractivity contribution < 1.29 is 9.66 Å². The third kappa shape index (κ3) is 3.08. The minimum atomic E-state index is -0.404. The maximum Gasteiger partial charge on any atom is 0.311 e. The van der Waals surface area contributed by atoms with E-state index in [1.54, 1.807) is 12.1 Å². The summed E-state index contributed by atoms with van der Waals surface area (Å²) >= 11 is 0. The van der Waals surface area contributed by atoms with E-state index in [4.69, 9.17) is 10.5 Å². The average molecular weight is 279 g/mol. The minimum absolute atomic E-state index is 0.0206. The number of hydrogen-bond donors (Lipinski definition) is 1. The Bertz CT molecular complexity index is 493. The van der Waals surface area contributed by atoms with Crippen LogP contribution in [0.5, 0.6) is 5.75 Å². The van der Waals surface area contributed by atoms with Crippen LogP contribution in [0.4, 0.5) is 5.69 Å². The SMILES string of the molecule is COc1ccc(CN2CC(CN)CC2C)cc1[N+](=O)[O-]. The molecule has 2 N–H and O–H groups in total. The Morgan fingerprint density at radius 1 is 1.55 bits per heavy atom. The lowest BCUT2D eigenvalue weighted by Crippen LogP contribution is -2.27. The summed E-state index contributed by atoms with van der Waals surface area (Å²) < 4.78 is 5.02. The van der Waals surface area contributed by atoms with E-state index in [0.717, 1.165) is 18.5 Å². The number of ether oxygens (including phenoxy) is 1. The number of nitrogens with two attached hydrogens (primary N) is 1. The average Bonchev–Trinajstić information content (AvgIpc) is 2.79. The van der Waals surface area contributed by atoms with Crippen molar-refractivity contribution in [2.24, 2.45) is 11.7 Å². The quantitative estimate of drug-likeness (QED) is 0.656. The first-order chi connectivity index (χ1) is 9.55. The fourth-order valence-electron chi connectivity index (χ4n) is 2.82. The summed E-state index contributed by atoms with van der Waals surface area (Å²) in [5, 5.41) is 11.0. The number of methoxy groups -OCH3 is 1. The van der Waals surface area contributed by atoms with E-state index < -0.39 is 4.92 Å². The highest BCUT2D eigenvalue weighted by molar-refractivity contribution is 5.48. The Kier molecular flexibility index (Phi) is 4.57. The topological polar surface area (TPSA) is 81.6 Å². The van der Waals surface area contributed by atoms with Gasteiger partial charge in [-0.15, -0.1) is 0 Å². The molecular formula is C14H21N3O3. The molecule has 6 nitrogen and oxygen atoms in total. The van der Waals surface area contributed by atoms with Gasteiger partial charge in [-0.3, -0.25) is 15.0 Å². The molecule has 1 heterocycles. The summed E-state index contributed by atoms with van der Waals surface area (Å²) in [7, 11) is 1.44. The van der Waals surface area contributed by atoms with Crippen LogP contribution in [0.1, 0.15) is 18.9 Å². The van der Waals surface area contributed by atoms with Crippen LogP contribution in [0, 0.1) is 16.0 Å². The van der Waals surface area contributed by atoms with E-state index >= 15 is 0 Å². The van der Waals surface area contributed by atoms with Crippen molar-refractivity contribution in [3.8, 4) is 5.75 Å². The van der Waals surface area contributed by atoms with Crippen LogP contribution in [0.3, 0.4) is 0 Å². The zero-order chi connectivity index (χ0) is 14.7. The smallest absolute Gasteiger partial charge is 0.311 e. The van der Waals surface area contributed by atoms with Crippen LogP contribution in [-0.2, 0) is 6.54 Å². The predicted octanol–water partition coefficient (Wildman–Crippen LogP) is 1.77. The van der Waals surface area contributed by atoms with Crippen LogP contribution >= 0.6 is 0 Å². The number of nitrogens with zero attached hydrogens (tertiary/aromatic N) is 2. The molecule has 0 aliphatic carbocycles. The molecule has 1 aliphatic heterocycles. The molecule has 2 atom stereocenters. The van der Waals surface area contributed by atoms with Gasteiger partial charge in [0.15, 0.2) is 5.75 Å². The number of rotatable bonds is 5. The molecule has 1 aliphatic rings. The summed E-state index contributed by atoms with van der Waals surface area (Å²) in [5.41, 5.74) is 6.67. The first-order valence-corrected chi connectivity index (χ1v) is 6.80. The molecule has 1 fully saturated rings. The Hall–Kier alpha value is -1.66. The number of likely N-dealkylation sites (tertiary alicyclic amines) is 1. The zero-order valence-electron chi connectivity index (χ0n) is 11.9. The molecule has 0 bridgehead atoms. The molecule has 0 radical (unpaired) electrons. The second-order valence-corrected chi connectivity index (χ2v) is 5.38. The van der Waals surface area contributed by atoms with E-state index in [0.29, 0.717) is 30.8 Å². The van der Waals surface area contributed by atoms with Crippen molar-refractivity contribution in [3.05, 3.63) is 33.9 Å². The van der Waals surface area contributed by atoms with Gasteiger partial charge in [-0.05, 0) is 37.4 Å². The van der Waals surface area contributed by atoms with Gasteiger partial charge in [0.25, 0.3) is 0 Å². The summed E-state index contributed by atoms with van der Waals surface area (Å²) in [6.45, 7) is 4.54. The second-order valence-electron chi connectivity index (χ2n) is 5.38. The molecule has 20 heavy (non-hydrogen) atoms. The number of nitro groups is 1. The van der Waals surface area contributed by atoms with Gasteiger partial charge >= 0.3 is 5.69 Å². The third-order valence-electron chi connectivity index (χ3n) is 3.95. The van der Waals surface area contributed by atoms with Crippen molar-refractivity contribution in [2.75, 3.05) is 20.2 Å². The maximum atomic E-state index is 11.0. The largest absolute Gasteiger partial charge is 0.490 e. The van der Waals surface area contributed by atoms with E-state index in [9.17, 15) is 10.1 Å². The third-order valence-corrected chi connectivity index (χ3v) is 3.95. The molecule has 0 aromatic heterocycles. The Labute approximate surface area is 118 Å². The molecule has 1 aromatic carbocycles. The van der Waals surface area contributed by atoms with Crippen LogP contribution in [0.2, 0.25) is 0 Å². The van der Waals surface area contributed by atoms with Crippen LogP contribution in [0.25, 0.3) is 0 Å². The van der Waals surface area contributed by atoms with Crippen molar-refractivity contribution >= 4 is 5.69 Å². The van der Waals surface area contributed by atoms with Crippen molar-refractivity contribution in [2.45, 2.75) is 25.9 Å². The standard InChI is InChI=1S/C14H21N3O3/c1-10-5-12(7-15)9-16(10)8-11-3-4-14(20-2)13(6-11)17(18)19/h3-4,6,10,12H,5,7-9,15H2,1-2H3. The molecule has 2 unspecified atom stereocenters. The molecule has 6 heteroatoms. The number of benzene rings is 1. The number of nitro benzene ring substituents is 1. The predicted molar refractivity (Wildman–Crippen MR) is 76.7 cm³/mol. The summed E-state index contributed by atoms with van der Waals surface area (Å²) in [6.07, 6.45) is 1.09. The van der Waals surface area contributed by atoms with Crippen LogP contribution in [0.15, 0.2) is 18.2 Å². The van der Waals surface area contributed by atoms with Gasteiger partial charge in [-0.1, -0.05) is 6.07 Å². The Morgan fingerprint density at radius 2 is 2.30 bits per heavy atom.